The molecule has 186 valence electrons. The summed E-state index contributed by atoms with van der Waals surface area (Å²) in [5.41, 5.74) is 1.09. The number of aromatic nitrogens is 1. The third-order valence-electron chi connectivity index (χ3n) is 5.55. The van der Waals surface area contributed by atoms with E-state index in [1.807, 2.05) is 0 Å². The number of hydrogen-bond donors (Lipinski definition) is 1. The summed E-state index contributed by atoms with van der Waals surface area (Å²) < 4.78 is 53.9. The Morgan fingerprint density at radius 2 is 1.86 bits per heavy atom. The van der Waals surface area contributed by atoms with Gasteiger partial charge in [0, 0.05) is 31.6 Å². The van der Waals surface area contributed by atoms with Crippen molar-refractivity contribution in [2.75, 3.05) is 27.9 Å². The zero-order valence-electron chi connectivity index (χ0n) is 19.4. The number of nitrogens with one attached hydrogen (secondary N) is 1. The van der Waals surface area contributed by atoms with Crippen LogP contribution in [0.25, 0.3) is 0 Å². The molecule has 0 saturated heterocycles. The molecule has 0 atom stereocenters. The standard InChI is InChI=1S/C23H25N3O8S/c1-30-16-7-9-17(10-8-16)35(28,29)26-12-11-19-18(14-26)22(25-34-19)33-23(27)24-13-15-5-4-6-20(31-2)21(15)32-3/h4-10H,11-14H2,1-3H3,(H,24,27). The second kappa shape index (κ2) is 10.2. The minimum absolute atomic E-state index is 0.0421. The summed E-state index contributed by atoms with van der Waals surface area (Å²) in [6.07, 6.45) is -0.481. The van der Waals surface area contributed by atoms with Crippen molar-refractivity contribution in [3.8, 4) is 23.1 Å². The Balaban J connectivity index is 1.44. The van der Waals surface area contributed by atoms with E-state index in [0.717, 1.165) is 0 Å². The van der Waals surface area contributed by atoms with Crippen LogP contribution in [-0.2, 0) is 29.5 Å². The van der Waals surface area contributed by atoms with E-state index in [1.165, 1.54) is 37.8 Å². The summed E-state index contributed by atoms with van der Waals surface area (Å²) in [7, 11) is 0.749. The van der Waals surface area contributed by atoms with Crippen LogP contribution in [0.1, 0.15) is 16.9 Å². The number of nitrogens with zero attached hydrogens (tertiary/aromatic N) is 2. The first kappa shape index (κ1) is 24.4. The summed E-state index contributed by atoms with van der Waals surface area (Å²) in [6, 6.07) is 11.4. The van der Waals surface area contributed by atoms with Crippen LogP contribution in [0.3, 0.4) is 0 Å². The van der Waals surface area contributed by atoms with E-state index in [0.29, 0.717) is 40.6 Å². The molecule has 2 aromatic carbocycles. The largest absolute Gasteiger partial charge is 0.497 e. The SMILES string of the molecule is COc1ccc(S(=O)(=O)N2CCc3onc(OC(=O)NCc4cccc(OC)c4OC)c3C2)cc1. The summed E-state index contributed by atoms with van der Waals surface area (Å²) in [4.78, 5) is 12.6. The number of benzene rings is 2. The molecule has 0 unspecified atom stereocenters. The number of para-hydroxylation sites is 1. The van der Waals surface area contributed by atoms with Gasteiger partial charge in [0.15, 0.2) is 11.5 Å². The summed E-state index contributed by atoms with van der Waals surface area (Å²) in [5.74, 6) is 1.97. The van der Waals surface area contributed by atoms with Crippen LogP contribution >= 0.6 is 0 Å². The fraction of sp³-hybridized carbons (Fsp3) is 0.304. The molecule has 1 aliphatic rings. The monoisotopic (exact) mass is 503 g/mol. The van der Waals surface area contributed by atoms with Crippen LogP contribution in [0.5, 0.6) is 23.1 Å². The minimum atomic E-state index is -3.79. The van der Waals surface area contributed by atoms with E-state index >= 15 is 0 Å². The van der Waals surface area contributed by atoms with Crippen LogP contribution in [0.4, 0.5) is 4.79 Å². The van der Waals surface area contributed by atoms with Crippen molar-refractivity contribution >= 4 is 16.1 Å². The molecule has 0 radical (unpaired) electrons. The Kier molecular flexibility index (Phi) is 7.12. The molecule has 0 bridgehead atoms. The molecule has 3 aromatic rings. The average Bonchev–Trinajstić information content (AvgIpc) is 3.28. The van der Waals surface area contributed by atoms with Crippen molar-refractivity contribution in [1.29, 1.82) is 0 Å². The first-order chi connectivity index (χ1) is 16.9. The van der Waals surface area contributed by atoms with Gasteiger partial charge in [-0.05, 0) is 35.5 Å². The van der Waals surface area contributed by atoms with Crippen molar-refractivity contribution in [2.24, 2.45) is 0 Å². The number of carbonyl (C=O) groups is 1. The molecule has 0 aliphatic carbocycles. The lowest BCUT2D eigenvalue weighted by molar-refractivity contribution is 0.194. The normalized spacial score (nSPS) is 13.6. The maximum atomic E-state index is 13.1. The van der Waals surface area contributed by atoms with Gasteiger partial charge < -0.3 is 28.8 Å². The van der Waals surface area contributed by atoms with Gasteiger partial charge >= 0.3 is 6.09 Å². The smallest absolute Gasteiger partial charge is 0.414 e. The maximum absolute atomic E-state index is 13.1. The van der Waals surface area contributed by atoms with E-state index in [2.05, 4.69) is 10.5 Å². The Morgan fingerprint density at radius 1 is 1.09 bits per heavy atom. The Morgan fingerprint density at radius 3 is 2.54 bits per heavy atom. The molecule has 12 heteroatoms. The highest BCUT2D eigenvalue weighted by atomic mass is 32.2. The highest BCUT2D eigenvalue weighted by Gasteiger charge is 2.33. The Labute approximate surface area is 202 Å². The van der Waals surface area contributed by atoms with Crippen LogP contribution in [0.15, 0.2) is 51.9 Å². The van der Waals surface area contributed by atoms with Crippen molar-refractivity contribution in [1.82, 2.24) is 14.8 Å². The third kappa shape index (κ3) is 5.03. The molecule has 1 aliphatic heterocycles. The molecule has 1 aromatic heterocycles. The molecule has 11 nitrogen and oxygen atoms in total. The predicted octanol–water partition coefficient (Wildman–Crippen LogP) is 2.74. The van der Waals surface area contributed by atoms with Gasteiger partial charge in [-0.1, -0.05) is 12.1 Å². The quantitative estimate of drug-likeness (QED) is 0.493. The number of carbonyl (C=O) groups excluding carboxylic acids is 1. The Bertz CT molecular complexity index is 1300. The fourth-order valence-corrected chi connectivity index (χ4v) is 5.14. The molecule has 0 fully saturated rings. The number of hydrogen-bond acceptors (Lipinski definition) is 9. The van der Waals surface area contributed by atoms with Crippen LogP contribution < -0.4 is 24.3 Å². The number of fused-ring (bicyclic) bond motifs is 1. The zero-order chi connectivity index (χ0) is 25.0. The highest BCUT2D eigenvalue weighted by molar-refractivity contribution is 7.89. The third-order valence-corrected chi connectivity index (χ3v) is 7.41. The number of rotatable bonds is 8. The molecule has 1 amide bonds. The minimum Gasteiger partial charge on any atom is -0.497 e. The first-order valence-corrected chi connectivity index (χ1v) is 12.1. The van der Waals surface area contributed by atoms with Crippen molar-refractivity contribution in [2.45, 2.75) is 24.4 Å². The lowest BCUT2D eigenvalue weighted by atomic mass is 10.1. The summed E-state index contributed by atoms with van der Waals surface area (Å²) in [6.45, 7) is 0.272. The summed E-state index contributed by atoms with van der Waals surface area (Å²) >= 11 is 0. The lowest BCUT2D eigenvalue weighted by Crippen LogP contribution is -2.36. The fourth-order valence-electron chi connectivity index (χ4n) is 3.73. The van der Waals surface area contributed by atoms with Gasteiger partial charge in [-0.25, -0.2) is 13.2 Å². The van der Waals surface area contributed by atoms with Crippen molar-refractivity contribution < 1.29 is 36.7 Å². The van der Waals surface area contributed by atoms with Crippen LogP contribution in [-0.4, -0.2) is 51.8 Å². The molecular formula is C23H25N3O8S. The number of amides is 1. The molecule has 1 N–H and O–H groups in total. The van der Waals surface area contributed by atoms with E-state index in [4.69, 9.17) is 23.5 Å². The molecule has 4 rings (SSSR count). The molecule has 0 spiro atoms. The van der Waals surface area contributed by atoms with Gasteiger partial charge in [0.25, 0.3) is 5.88 Å². The van der Waals surface area contributed by atoms with Gasteiger partial charge in [-0.2, -0.15) is 4.31 Å². The molecular weight excluding hydrogens is 478 g/mol. The molecule has 2 heterocycles. The highest BCUT2D eigenvalue weighted by Crippen LogP contribution is 2.32. The first-order valence-electron chi connectivity index (χ1n) is 10.6. The van der Waals surface area contributed by atoms with Gasteiger partial charge in [0.1, 0.15) is 11.5 Å². The van der Waals surface area contributed by atoms with Crippen LogP contribution in [0, 0.1) is 0 Å². The van der Waals surface area contributed by atoms with E-state index < -0.39 is 16.1 Å². The van der Waals surface area contributed by atoms with Crippen LogP contribution in [0.2, 0.25) is 0 Å². The second-order valence-electron chi connectivity index (χ2n) is 7.55. The van der Waals surface area contributed by atoms with Crippen molar-refractivity contribution in [3.05, 3.63) is 59.4 Å². The average molecular weight is 504 g/mol. The van der Waals surface area contributed by atoms with E-state index in [1.54, 1.807) is 30.3 Å². The van der Waals surface area contributed by atoms with E-state index in [9.17, 15) is 13.2 Å². The topological polar surface area (TPSA) is 129 Å². The number of methoxy groups -OCH3 is 3. The molecule has 0 saturated carbocycles. The lowest BCUT2D eigenvalue weighted by Gasteiger charge is -2.25. The maximum Gasteiger partial charge on any atom is 0.414 e. The summed E-state index contributed by atoms with van der Waals surface area (Å²) in [5, 5.41) is 6.45. The zero-order valence-corrected chi connectivity index (χ0v) is 20.3. The van der Waals surface area contributed by atoms with Crippen molar-refractivity contribution in [3.63, 3.8) is 0 Å². The van der Waals surface area contributed by atoms with Gasteiger partial charge in [0.2, 0.25) is 10.0 Å². The van der Waals surface area contributed by atoms with Gasteiger partial charge in [0.05, 0.1) is 31.8 Å². The predicted molar refractivity (Wildman–Crippen MR) is 123 cm³/mol. The molecule has 35 heavy (non-hydrogen) atoms. The van der Waals surface area contributed by atoms with Gasteiger partial charge in [-0.15, -0.1) is 0 Å². The van der Waals surface area contributed by atoms with E-state index in [-0.39, 0.29) is 30.4 Å². The number of ether oxygens (including phenoxy) is 4. The van der Waals surface area contributed by atoms with Gasteiger partial charge in [-0.3, -0.25) is 0 Å². The Hall–Kier alpha value is -3.77. The second-order valence-corrected chi connectivity index (χ2v) is 9.49. The number of sulfonamides is 1.